The third kappa shape index (κ3) is 3.84. The van der Waals surface area contributed by atoms with Crippen LogP contribution in [0.3, 0.4) is 0 Å². The number of amides is 1. The number of ether oxygens (including phenoxy) is 1. The van der Waals surface area contributed by atoms with Crippen LogP contribution in [0.2, 0.25) is 18.1 Å². The first-order valence-corrected chi connectivity index (χ1v) is 10.3. The SMILES string of the molecule is CCOC(=O)C(F)(F)[C@@H](O[Si](C)(C)C(C)(C)C)[C@@H]1CC(=O)N1. The van der Waals surface area contributed by atoms with Gasteiger partial charge in [0, 0.05) is 6.42 Å². The van der Waals surface area contributed by atoms with E-state index in [-0.39, 0.29) is 24.0 Å². The van der Waals surface area contributed by atoms with E-state index in [2.05, 4.69) is 10.1 Å². The fraction of sp³-hybridized carbons (Fsp3) is 0.857. The molecule has 0 aliphatic carbocycles. The van der Waals surface area contributed by atoms with E-state index in [9.17, 15) is 18.4 Å². The van der Waals surface area contributed by atoms with Crippen LogP contribution in [0.4, 0.5) is 8.78 Å². The van der Waals surface area contributed by atoms with Gasteiger partial charge in [0.15, 0.2) is 8.32 Å². The van der Waals surface area contributed by atoms with Crippen LogP contribution in [0.15, 0.2) is 0 Å². The number of hydrogen-bond donors (Lipinski definition) is 1. The van der Waals surface area contributed by atoms with E-state index in [0.29, 0.717) is 0 Å². The molecule has 0 aromatic carbocycles. The molecule has 128 valence electrons. The largest absolute Gasteiger partial charge is 0.461 e. The van der Waals surface area contributed by atoms with Gasteiger partial charge in [0.2, 0.25) is 5.91 Å². The molecular weight excluding hydrogens is 312 g/mol. The average molecular weight is 337 g/mol. The number of hydrogen-bond acceptors (Lipinski definition) is 4. The Morgan fingerprint density at radius 1 is 1.41 bits per heavy atom. The number of carbonyl (C=O) groups is 2. The minimum atomic E-state index is -3.80. The minimum absolute atomic E-state index is 0.0751. The zero-order chi connectivity index (χ0) is 17.3. The van der Waals surface area contributed by atoms with Crippen molar-refractivity contribution in [3.05, 3.63) is 0 Å². The number of rotatable bonds is 6. The summed E-state index contributed by atoms with van der Waals surface area (Å²) in [6.45, 7) is 10.7. The number of nitrogens with one attached hydrogen (secondary N) is 1. The molecule has 2 atom stereocenters. The van der Waals surface area contributed by atoms with E-state index in [1.165, 1.54) is 6.92 Å². The third-order valence-electron chi connectivity index (χ3n) is 4.25. The molecule has 1 N–H and O–H groups in total. The molecule has 1 amide bonds. The highest BCUT2D eigenvalue weighted by Gasteiger charge is 2.58. The van der Waals surface area contributed by atoms with Crippen molar-refractivity contribution < 1.29 is 27.5 Å². The number of carbonyl (C=O) groups excluding carboxylic acids is 2. The van der Waals surface area contributed by atoms with Crippen LogP contribution in [-0.2, 0) is 18.8 Å². The maximum Gasteiger partial charge on any atom is 0.379 e. The van der Waals surface area contributed by atoms with Gasteiger partial charge in [-0.1, -0.05) is 20.8 Å². The first kappa shape index (κ1) is 19.0. The topological polar surface area (TPSA) is 64.6 Å². The molecular formula is C14H25F2NO4Si. The van der Waals surface area contributed by atoms with Crippen molar-refractivity contribution in [3.8, 4) is 0 Å². The van der Waals surface area contributed by atoms with E-state index in [1.54, 1.807) is 0 Å². The Kier molecular flexibility index (Phi) is 5.39. The summed E-state index contributed by atoms with van der Waals surface area (Å²) in [4.78, 5) is 22.7. The van der Waals surface area contributed by atoms with Crippen LogP contribution in [0.25, 0.3) is 0 Å². The third-order valence-corrected chi connectivity index (χ3v) is 8.71. The van der Waals surface area contributed by atoms with Crippen LogP contribution >= 0.6 is 0 Å². The molecule has 8 heteroatoms. The maximum absolute atomic E-state index is 14.5. The molecule has 1 heterocycles. The Hall–Kier alpha value is -1.02. The zero-order valence-corrected chi connectivity index (χ0v) is 15.0. The van der Waals surface area contributed by atoms with Gasteiger partial charge in [-0.2, -0.15) is 8.78 Å². The summed E-state index contributed by atoms with van der Waals surface area (Å²) in [7, 11) is -2.55. The minimum Gasteiger partial charge on any atom is -0.461 e. The number of alkyl halides is 2. The second-order valence-electron chi connectivity index (χ2n) is 7.02. The second-order valence-corrected chi connectivity index (χ2v) is 11.8. The van der Waals surface area contributed by atoms with Crippen molar-refractivity contribution in [2.24, 2.45) is 0 Å². The smallest absolute Gasteiger partial charge is 0.379 e. The molecule has 1 aliphatic heterocycles. The van der Waals surface area contributed by atoms with Crippen molar-refractivity contribution in [2.75, 3.05) is 6.61 Å². The molecule has 1 saturated heterocycles. The Labute approximate surface area is 130 Å². The van der Waals surface area contributed by atoms with Crippen LogP contribution in [0.1, 0.15) is 34.1 Å². The van der Waals surface area contributed by atoms with Crippen LogP contribution in [0, 0.1) is 0 Å². The van der Waals surface area contributed by atoms with Crippen molar-refractivity contribution >= 4 is 20.2 Å². The Bertz CT molecular complexity index is 441. The standard InChI is InChI=1S/C14H25F2NO4Si/c1-7-20-12(19)14(15,16)11(9-8-10(18)17-9)21-22(5,6)13(2,3)4/h9,11H,7-8H2,1-6H3,(H,17,18)/t9-,11-/m0/s1. The van der Waals surface area contributed by atoms with E-state index < -0.39 is 32.4 Å². The Morgan fingerprint density at radius 3 is 2.27 bits per heavy atom. The zero-order valence-electron chi connectivity index (χ0n) is 14.0. The predicted octanol–water partition coefficient (Wildman–Crippen LogP) is 2.46. The van der Waals surface area contributed by atoms with Gasteiger partial charge in [0.1, 0.15) is 6.10 Å². The van der Waals surface area contributed by atoms with Crippen molar-refractivity contribution in [1.29, 1.82) is 0 Å². The van der Waals surface area contributed by atoms with Crippen molar-refractivity contribution in [3.63, 3.8) is 0 Å². The van der Waals surface area contributed by atoms with Gasteiger partial charge in [-0.05, 0) is 25.1 Å². The van der Waals surface area contributed by atoms with E-state index >= 15 is 0 Å². The number of esters is 1. The molecule has 1 fully saturated rings. The maximum atomic E-state index is 14.5. The van der Waals surface area contributed by atoms with Gasteiger partial charge in [0.25, 0.3) is 0 Å². The average Bonchev–Trinajstić information content (AvgIpc) is 2.31. The van der Waals surface area contributed by atoms with Gasteiger partial charge in [-0.3, -0.25) is 4.79 Å². The summed E-state index contributed by atoms with van der Waals surface area (Å²) in [6, 6.07) is -0.874. The summed E-state index contributed by atoms with van der Waals surface area (Å²) in [5, 5.41) is 2.09. The van der Waals surface area contributed by atoms with E-state index in [1.807, 2.05) is 33.9 Å². The number of halogens is 2. The summed E-state index contributed by atoms with van der Waals surface area (Å²) < 4.78 is 39.1. The normalized spacial score (nSPS) is 20.9. The summed E-state index contributed by atoms with van der Waals surface area (Å²) in [6.07, 6.45) is -1.78. The van der Waals surface area contributed by atoms with Gasteiger partial charge >= 0.3 is 11.9 Å². The molecule has 5 nitrogen and oxygen atoms in total. The molecule has 0 radical (unpaired) electrons. The molecule has 0 saturated carbocycles. The van der Waals surface area contributed by atoms with E-state index in [0.717, 1.165) is 0 Å². The monoisotopic (exact) mass is 337 g/mol. The second kappa shape index (κ2) is 6.23. The lowest BCUT2D eigenvalue weighted by molar-refractivity contribution is -0.192. The molecule has 1 rings (SSSR count). The highest BCUT2D eigenvalue weighted by Crippen LogP contribution is 2.41. The first-order chi connectivity index (χ1) is 9.83. The first-order valence-electron chi connectivity index (χ1n) is 7.35. The van der Waals surface area contributed by atoms with Gasteiger partial charge in [-0.15, -0.1) is 0 Å². The quantitative estimate of drug-likeness (QED) is 0.459. The lowest BCUT2D eigenvalue weighted by Crippen LogP contribution is -2.65. The Balaban J connectivity index is 3.04. The highest BCUT2D eigenvalue weighted by molar-refractivity contribution is 6.74. The molecule has 0 aromatic rings. The van der Waals surface area contributed by atoms with Crippen LogP contribution < -0.4 is 5.32 Å². The van der Waals surface area contributed by atoms with Crippen LogP contribution in [0.5, 0.6) is 0 Å². The van der Waals surface area contributed by atoms with Crippen molar-refractivity contribution in [1.82, 2.24) is 5.32 Å². The molecule has 1 aliphatic rings. The molecule has 0 spiro atoms. The summed E-state index contributed by atoms with van der Waals surface area (Å²) >= 11 is 0. The van der Waals surface area contributed by atoms with Crippen LogP contribution in [-0.4, -0.2) is 44.9 Å². The van der Waals surface area contributed by atoms with E-state index in [4.69, 9.17) is 4.43 Å². The fourth-order valence-electron chi connectivity index (χ4n) is 1.81. The molecule has 0 aromatic heterocycles. The van der Waals surface area contributed by atoms with Gasteiger partial charge < -0.3 is 14.5 Å². The summed E-state index contributed by atoms with van der Waals surface area (Å²) in [5.74, 6) is -5.74. The Morgan fingerprint density at radius 2 is 1.91 bits per heavy atom. The molecule has 0 bridgehead atoms. The lowest BCUT2D eigenvalue weighted by atomic mass is 9.95. The number of β-lactam (4-membered cyclic amide) rings is 1. The predicted molar refractivity (Wildman–Crippen MR) is 80.2 cm³/mol. The molecule has 0 unspecified atom stereocenters. The van der Waals surface area contributed by atoms with Crippen molar-refractivity contribution in [2.45, 2.75) is 70.3 Å². The highest BCUT2D eigenvalue weighted by atomic mass is 28.4. The van der Waals surface area contributed by atoms with Gasteiger partial charge in [0.05, 0.1) is 12.6 Å². The lowest BCUT2D eigenvalue weighted by Gasteiger charge is -2.45. The molecule has 22 heavy (non-hydrogen) atoms. The van der Waals surface area contributed by atoms with Gasteiger partial charge in [-0.25, -0.2) is 4.79 Å². The summed E-state index contributed by atoms with van der Waals surface area (Å²) in [5.41, 5.74) is 0. The fourth-order valence-corrected chi connectivity index (χ4v) is 3.12.